The van der Waals surface area contributed by atoms with Crippen molar-refractivity contribution in [3.63, 3.8) is 0 Å². The van der Waals surface area contributed by atoms with Gasteiger partial charge >= 0.3 is 0 Å². The zero-order chi connectivity index (χ0) is 82.2. The summed E-state index contributed by atoms with van der Waals surface area (Å²) in [5.74, 6) is 0. The Balaban J connectivity index is 0.954. The number of para-hydroxylation sites is 2. The number of benzene rings is 16. The Labute approximate surface area is 668 Å². The van der Waals surface area contributed by atoms with Crippen molar-refractivity contribution in [2.45, 2.75) is 52.4 Å². The number of fused-ring (bicyclic) bond motifs is 13. The number of nitrogens with zero attached hydrogens (tertiary/aromatic N) is 5. The van der Waals surface area contributed by atoms with Crippen LogP contribution in [0.25, 0.3) is 142 Å². The molecule has 112 heavy (non-hydrogen) atoms. The number of nitriles is 1. The molecule has 0 atom stereocenters. The van der Waals surface area contributed by atoms with Crippen molar-refractivity contribution in [1.82, 2.24) is 9.13 Å². The molecule has 0 spiro atoms. The summed E-state index contributed by atoms with van der Waals surface area (Å²) in [7, 11) is 0. The van der Waals surface area contributed by atoms with Crippen molar-refractivity contribution in [3.05, 3.63) is 368 Å². The predicted molar refractivity (Wildman–Crippen MR) is 477 cm³/mol. The molecule has 0 aliphatic carbocycles. The van der Waals surface area contributed by atoms with Crippen LogP contribution in [0, 0.1) is 11.3 Å². The van der Waals surface area contributed by atoms with Crippen molar-refractivity contribution in [1.29, 1.82) is 5.26 Å². The Hall–Kier alpha value is -13.5. The van der Waals surface area contributed by atoms with Gasteiger partial charge in [-0.1, -0.05) is 284 Å². The topological polar surface area (TPSA) is 40.1 Å². The number of hydrogen-bond donors (Lipinski definition) is 0. The zero-order valence-electron chi connectivity index (χ0n) is 70.6. The van der Waals surface area contributed by atoms with Gasteiger partial charge in [0.1, 0.15) is 0 Å². The molecule has 5 nitrogen and oxygen atoms in total. The van der Waals surface area contributed by atoms with Gasteiger partial charge in [0.05, 0.1) is 67.4 Å². The Morgan fingerprint density at radius 3 is 1.54 bits per heavy atom. The maximum Gasteiger partial charge on any atom is 0.252 e. The van der Waals surface area contributed by atoms with Gasteiger partial charge in [-0.25, -0.2) is 0 Å². The molecule has 0 saturated heterocycles. The second-order valence-electron chi connectivity index (χ2n) is 31.7. The molecule has 5 heterocycles. The van der Waals surface area contributed by atoms with Gasteiger partial charge in [-0.3, -0.25) is 0 Å². The summed E-state index contributed by atoms with van der Waals surface area (Å²) in [4.78, 5) is 4.83. The first-order valence-corrected chi connectivity index (χ1v) is 39.0. The number of rotatable bonds is 10. The molecule has 0 saturated carbocycles. The SMILES string of the molecule is [2H]c1c([2H])c([2H])c(-c2ccc3c(c2)B2c4ccc(-c5c(-c6ccc7c(c6)sc6ccccc67)c([2H])c([2H])c([2H])c5-n5c6ccccc6c6ccccc65)cc4N(c4ccc(C(C)(C)C)cc4-c4ccccc4)c4cc(-n5c6ccc(C#N)cc6c6cc(C(C)(C)C)ccc65)cc(c42)N3c2ccc(-c3ccccc3)cc2-c2ccccc2)c([2H])c1[2H]. The van der Waals surface area contributed by atoms with Gasteiger partial charge < -0.3 is 18.9 Å². The molecule has 7 heteroatoms. The van der Waals surface area contributed by atoms with E-state index in [0.29, 0.717) is 33.5 Å². The molecule has 0 N–H and O–H groups in total. The molecule has 2 aliphatic heterocycles. The van der Waals surface area contributed by atoms with E-state index in [1.54, 1.807) is 11.3 Å². The lowest BCUT2D eigenvalue weighted by atomic mass is 9.33. The van der Waals surface area contributed by atoms with Crippen LogP contribution in [0.4, 0.5) is 34.1 Å². The molecule has 0 fully saturated rings. The van der Waals surface area contributed by atoms with Gasteiger partial charge in [0, 0.05) is 81.2 Å². The van der Waals surface area contributed by atoms with E-state index in [4.69, 9.17) is 1.37 Å². The highest BCUT2D eigenvalue weighted by Crippen LogP contribution is 2.54. The summed E-state index contributed by atoms with van der Waals surface area (Å²) in [6.07, 6.45) is 0. The van der Waals surface area contributed by atoms with Crippen LogP contribution in [-0.2, 0) is 10.8 Å². The van der Waals surface area contributed by atoms with Gasteiger partial charge in [-0.05, 0) is 198 Å². The molecular formula is C105H76BN5S. The van der Waals surface area contributed by atoms with Gasteiger partial charge in [-0.15, -0.1) is 11.3 Å². The second kappa shape index (κ2) is 25.8. The highest BCUT2D eigenvalue weighted by molar-refractivity contribution is 7.25. The lowest BCUT2D eigenvalue weighted by Crippen LogP contribution is -2.61. The maximum atomic E-state index is 10.8. The van der Waals surface area contributed by atoms with Crippen LogP contribution in [0.3, 0.4) is 0 Å². The molecule has 19 aromatic rings. The van der Waals surface area contributed by atoms with Crippen LogP contribution < -0.4 is 26.2 Å². The Morgan fingerprint density at radius 2 is 0.857 bits per heavy atom. The number of thiophene rings is 1. The summed E-state index contributed by atoms with van der Waals surface area (Å²) in [5, 5.41) is 16.9. The molecule has 2 aliphatic rings. The smallest absolute Gasteiger partial charge is 0.252 e. The fourth-order valence-corrected chi connectivity index (χ4v) is 18.9. The van der Waals surface area contributed by atoms with Crippen LogP contribution in [0.1, 0.15) is 69.2 Å². The minimum atomic E-state index is -0.690. The zero-order valence-corrected chi connectivity index (χ0v) is 63.4. The molecule has 530 valence electrons. The van der Waals surface area contributed by atoms with E-state index in [1.807, 2.05) is 60.7 Å². The van der Waals surface area contributed by atoms with Crippen LogP contribution in [0.5, 0.6) is 0 Å². The van der Waals surface area contributed by atoms with Crippen molar-refractivity contribution >= 4 is 132 Å². The monoisotopic (exact) mass is 1460 g/mol. The molecular weight excluding hydrogens is 1370 g/mol. The van der Waals surface area contributed by atoms with E-state index >= 15 is 0 Å². The number of aromatic nitrogens is 2. The van der Waals surface area contributed by atoms with Crippen LogP contribution in [0.15, 0.2) is 352 Å². The van der Waals surface area contributed by atoms with E-state index in [1.165, 1.54) is 0 Å². The maximum absolute atomic E-state index is 10.8. The quantitative estimate of drug-likeness (QED) is 0.128. The third-order valence-electron chi connectivity index (χ3n) is 23.1. The molecule has 0 bridgehead atoms. The van der Waals surface area contributed by atoms with Crippen LogP contribution in [-0.4, -0.2) is 15.8 Å². The van der Waals surface area contributed by atoms with E-state index < -0.39 is 24.8 Å². The Morgan fingerprint density at radius 1 is 0.321 bits per heavy atom. The second-order valence-corrected chi connectivity index (χ2v) is 32.8. The van der Waals surface area contributed by atoms with Crippen LogP contribution in [0.2, 0.25) is 0 Å². The minimum Gasteiger partial charge on any atom is -0.311 e. The molecule has 21 rings (SSSR count). The predicted octanol–water partition coefficient (Wildman–Crippen LogP) is 26.8. The average Bonchev–Trinajstić information content (AvgIpc) is 0.750. The minimum absolute atomic E-state index is 0.0723. The van der Waals surface area contributed by atoms with E-state index in [0.717, 1.165) is 170 Å². The largest absolute Gasteiger partial charge is 0.311 e. The first-order valence-electron chi connectivity index (χ1n) is 42.2. The lowest BCUT2D eigenvalue weighted by Gasteiger charge is -2.45. The van der Waals surface area contributed by atoms with Crippen molar-refractivity contribution in [3.8, 4) is 84.2 Å². The van der Waals surface area contributed by atoms with E-state index in [2.05, 4.69) is 309 Å². The summed E-state index contributed by atoms with van der Waals surface area (Å²) < 4.78 is 84.8. The fraction of sp³-hybridized carbons (Fsp3) is 0.0762. The van der Waals surface area contributed by atoms with Gasteiger partial charge in [0.25, 0.3) is 6.71 Å². The van der Waals surface area contributed by atoms with Crippen molar-refractivity contribution < 1.29 is 11.0 Å². The normalized spacial score (nSPS) is 13.7. The summed E-state index contributed by atoms with van der Waals surface area (Å²) in [6, 6.07) is 106. The number of hydrogen-bond acceptors (Lipinski definition) is 4. The third kappa shape index (κ3) is 10.7. The molecule has 3 aromatic heterocycles. The standard InChI is InChI=1S/C105H76BN5S/c1-104(2,3)75-47-54-92(84(61-75)70-32-17-10-18-33-70)111-97-59-74(102-78(73-43-49-82-81-36-21-24-41-100(81)112-101(82)60-73)37-25-40-96(102)109-89-38-22-19-34-79(89)80-35-20-23-39-90(80)109)44-50-87(97)106-88-58-72(68-28-13-8-14-29-68)46-53-95(88)110(91-52-45-71(67-26-11-7-12-27-67)57-83(91)69-30-15-9-16-31-69)98-63-77(64-99(111)103(98)106)108-93-51-42-66(65-107)56-85(93)86-62-76(105(4,5)6)48-55-94(86)108/h7-64H,1-6H3/i8D,13D,14D,25D,28D,29D,37D,40D. The lowest BCUT2D eigenvalue weighted by molar-refractivity contribution is 0.590. The van der Waals surface area contributed by atoms with Gasteiger partial charge in [-0.2, -0.15) is 5.26 Å². The third-order valence-corrected chi connectivity index (χ3v) is 24.2. The highest BCUT2D eigenvalue weighted by atomic mass is 32.1. The average molecular weight is 1460 g/mol. The molecule has 16 aromatic carbocycles. The Bertz CT molecular complexity index is 7560. The van der Waals surface area contributed by atoms with Crippen molar-refractivity contribution in [2.24, 2.45) is 0 Å². The highest BCUT2D eigenvalue weighted by Gasteiger charge is 2.46. The van der Waals surface area contributed by atoms with Crippen LogP contribution >= 0.6 is 11.3 Å². The van der Waals surface area contributed by atoms with E-state index in [-0.39, 0.29) is 46.6 Å². The molecule has 0 radical (unpaired) electrons. The summed E-state index contributed by atoms with van der Waals surface area (Å²) in [5.41, 5.74) is 23.4. The molecule has 0 unspecified atom stereocenters. The molecule has 0 amide bonds. The van der Waals surface area contributed by atoms with Crippen molar-refractivity contribution in [2.75, 3.05) is 9.80 Å². The Kier molecular flexibility index (Phi) is 13.5. The van der Waals surface area contributed by atoms with E-state index in [9.17, 15) is 14.9 Å². The first kappa shape index (κ1) is 58.5. The first-order chi connectivity index (χ1) is 58.1. The van der Waals surface area contributed by atoms with Gasteiger partial charge in [0.15, 0.2) is 0 Å². The number of anilines is 6. The fourth-order valence-electron chi connectivity index (χ4n) is 17.7. The summed E-state index contributed by atoms with van der Waals surface area (Å²) >= 11 is 1.69. The van der Waals surface area contributed by atoms with Gasteiger partial charge in [0.2, 0.25) is 0 Å². The summed E-state index contributed by atoms with van der Waals surface area (Å²) in [6.45, 7) is 12.7.